The lowest BCUT2D eigenvalue weighted by atomic mass is 10.2. The van der Waals surface area contributed by atoms with Crippen molar-refractivity contribution < 1.29 is 9.47 Å². The molecule has 0 aliphatic carbocycles. The van der Waals surface area contributed by atoms with E-state index >= 15 is 0 Å². The summed E-state index contributed by atoms with van der Waals surface area (Å²) in [5.41, 5.74) is 1.25. The van der Waals surface area contributed by atoms with Crippen LogP contribution >= 0.6 is 0 Å². The summed E-state index contributed by atoms with van der Waals surface area (Å²) in [6.07, 6.45) is 2.29. The van der Waals surface area contributed by atoms with Gasteiger partial charge >= 0.3 is 0 Å². The first-order valence-electron chi connectivity index (χ1n) is 7.25. The molecule has 108 valence electrons. The van der Waals surface area contributed by atoms with Gasteiger partial charge in [-0.1, -0.05) is 39.3 Å². The van der Waals surface area contributed by atoms with E-state index in [0.29, 0.717) is 19.3 Å². The topological polar surface area (TPSA) is 30.5 Å². The molecular formula is C16H27NO2. The van der Waals surface area contributed by atoms with E-state index in [1.807, 2.05) is 12.1 Å². The fraction of sp³-hybridized carbons (Fsp3) is 0.625. The SMILES string of the molecule is CCCCOCCOc1cccc(CNC(C)C)c1. The predicted octanol–water partition coefficient (Wildman–Crippen LogP) is 3.38. The molecule has 3 heteroatoms. The highest BCUT2D eigenvalue weighted by Gasteiger charge is 1.98. The first-order valence-corrected chi connectivity index (χ1v) is 7.25. The van der Waals surface area contributed by atoms with E-state index in [-0.39, 0.29) is 0 Å². The van der Waals surface area contributed by atoms with Gasteiger partial charge in [-0.3, -0.25) is 0 Å². The summed E-state index contributed by atoms with van der Waals surface area (Å²) in [5, 5.41) is 3.40. The number of rotatable bonds is 10. The number of hydrogen-bond donors (Lipinski definition) is 1. The maximum absolute atomic E-state index is 5.68. The fourth-order valence-corrected chi connectivity index (χ4v) is 1.63. The van der Waals surface area contributed by atoms with Crippen molar-refractivity contribution in [1.29, 1.82) is 0 Å². The zero-order valence-corrected chi connectivity index (χ0v) is 12.4. The highest BCUT2D eigenvalue weighted by molar-refractivity contribution is 5.28. The lowest BCUT2D eigenvalue weighted by Gasteiger charge is -2.10. The molecule has 0 saturated carbocycles. The minimum Gasteiger partial charge on any atom is -0.491 e. The van der Waals surface area contributed by atoms with Gasteiger partial charge < -0.3 is 14.8 Å². The first kappa shape index (κ1) is 16.0. The van der Waals surface area contributed by atoms with Gasteiger partial charge in [0.15, 0.2) is 0 Å². The summed E-state index contributed by atoms with van der Waals surface area (Å²) >= 11 is 0. The number of nitrogens with one attached hydrogen (secondary N) is 1. The van der Waals surface area contributed by atoms with E-state index in [4.69, 9.17) is 9.47 Å². The van der Waals surface area contributed by atoms with Gasteiger partial charge in [-0.25, -0.2) is 0 Å². The van der Waals surface area contributed by atoms with Gasteiger partial charge in [0, 0.05) is 19.2 Å². The molecule has 1 rings (SSSR count). The smallest absolute Gasteiger partial charge is 0.119 e. The van der Waals surface area contributed by atoms with E-state index in [1.54, 1.807) is 0 Å². The number of benzene rings is 1. The Bertz CT molecular complexity index is 339. The second kappa shape index (κ2) is 9.82. The van der Waals surface area contributed by atoms with Gasteiger partial charge in [0.2, 0.25) is 0 Å². The Labute approximate surface area is 117 Å². The van der Waals surface area contributed by atoms with Crippen molar-refractivity contribution in [1.82, 2.24) is 5.32 Å². The Hall–Kier alpha value is -1.06. The highest BCUT2D eigenvalue weighted by Crippen LogP contribution is 2.13. The van der Waals surface area contributed by atoms with Crippen molar-refractivity contribution >= 4 is 0 Å². The van der Waals surface area contributed by atoms with Crippen LogP contribution in [0.15, 0.2) is 24.3 Å². The number of hydrogen-bond acceptors (Lipinski definition) is 3. The van der Waals surface area contributed by atoms with Crippen molar-refractivity contribution in [3.8, 4) is 5.75 Å². The van der Waals surface area contributed by atoms with Crippen LogP contribution in [0.5, 0.6) is 5.75 Å². The average Bonchev–Trinajstić information content (AvgIpc) is 2.41. The van der Waals surface area contributed by atoms with Gasteiger partial charge in [0.1, 0.15) is 12.4 Å². The quantitative estimate of drug-likeness (QED) is 0.658. The Morgan fingerprint density at radius 3 is 2.74 bits per heavy atom. The van der Waals surface area contributed by atoms with Crippen LogP contribution in [0.25, 0.3) is 0 Å². The standard InChI is InChI=1S/C16H27NO2/c1-4-5-9-18-10-11-19-16-8-6-7-15(12-16)13-17-14(2)3/h6-8,12,14,17H,4-5,9-11,13H2,1-3H3. The minimum atomic E-state index is 0.497. The summed E-state index contributed by atoms with van der Waals surface area (Å²) in [7, 11) is 0. The molecule has 0 amide bonds. The van der Waals surface area contributed by atoms with Gasteiger partial charge in [-0.15, -0.1) is 0 Å². The summed E-state index contributed by atoms with van der Waals surface area (Å²) in [5.74, 6) is 0.919. The third-order valence-electron chi connectivity index (χ3n) is 2.75. The zero-order chi connectivity index (χ0) is 13.9. The second-order valence-corrected chi connectivity index (χ2v) is 5.00. The molecule has 1 N–H and O–H groups in total. The monoisotopic (exact) mass is 265 g/mol. The molecule has 0 bridgehead atoms. The average molecular weight is 265 g/mol. The van der Waals surface area contributed by atoms with Crippen molar-refractivity contribution in [3.05, 3.63) is 29.8 Å². The molecule has 0 saturated heterocycles. The van der Waals surface area contributed by atoms with Crippen LogP contribution in [0.4, 0.5) is 0 Å². The van der Waals surface area contributed by atoms with Crippen molar-refractivity contribution in [2.75, 3.05) is 19.8 Å². The summed E-state index contributed by atoms with van der Waals surface area (Å²) < 4.78 is 11.1. The molecule has 19 heavy (non-hydrogen) atoms. The predicted molar refractivity (Wildman–Crippen MR) is 79.6 cm³/mol. The van der Waals surface area contributed by atoms with Gasteiger partial charge in [-0.2, -0.15) is 0 Å². The van der Waals surface area contributed by atoms with Crippen LogP contribution in [-0.4, -0.2) is 25.9 Å². The highest BCUT2D eigenvalue weighted by atomic mass is 16.5. The van der Waals surface area contributed by atoms with E-state index in [1.165, 1.54) is 12.0 Å². The molecule has 0 aromatic heterocycles. The van der Waals surface area contributed by atoms with E-state index in [0.717, 1.165) is 25.3 Å². The molecule has 0 heterocycles. The lowest BCUT2D eigenvalue weighted by molar-refractivity contribution is 0.0980. The van der Waals surface area contributed by atoms with E-state index in [9.17, 15) is 0 Å². The van der Waals surface area contributed by atoms with Crippen molar-refractivity contribution in [3.63, 3.8) is 0 Å². The van der Waals surface area contributed by atoms with Gasteiger partial charge in [-0.05, 0) is 24.1 Å². The number of unbranched alkanes of at least 4 members (excludes halogenated alkanes) is 1. The summed E-state index contributed by atoms with van der Waals surface area (Å²) in [4.78, 5) is 0. The molecule has 0 aliphatic rings. The van der Waals surface area contributed by atoms with Crippen LogP contribution in [0.2, 0.25) is 0 Å². The molecule has 1 aromatic carbocycles. The van der Waals surface area contributed by atoms with E-state index < -0.39 is 0 Å². The molecule has 0 spiro atoms. The molecule has 0 fully saturated rings. The minimum absolute atomic E-state index is 0.497. The summed E-state index contributed by atoms with van der Waals surface area (Å²) in [6, 6.07) is 8.72. The lowest BCUT2D eigenvalue weighted by Crippen LogP contribution is -2.21. The molecular weight excluding hydrogens is 238 g/mol. The normalized spacial score (nSPS) is 10.9. The molecule has 0 atom stereocenters. The third kappa shape index (κ3) is 7.85. The molecule has 0 unspecified atom stereocenters. The molecule has 1 aromatic rings. The third-order valence-corrected chi connectivity index (χ3v) is 2.75. The Morgan fingerprint density at radius 2 is 2.00 bits per heavy atom. The zero-order valence-electron chi connectivity index (χ0n) is 12.4. The van der Waals surface area contributed by atoms with Crippen LogP contribution in [0.1, 0.15) is 39.2 Å². The van der Waals surface area contributed by atoms with Crippen molar-refractivity contribution in [2.45, 2.75) is 46.2 Å². The summed E-state index contributed by atoms with van der Waals surface area (Å²) in [6.45, 7) is 9.44. The molecule has 3 nitrogen and oxygen atoms in total. The molecule has 0 radical (unpaired) electrons. The maximum Gasteiger partial charge on any atom is 0.119 e. The fourth-order valence-electron chi connectivity index (χ4n) is 1.63. The molecule has 0 aliphatic heterocycles. The largest absolute Gasteiger partial charge is 0.491 e. The van der Waals surface area contributed by atoms with Crippen LogP contribution in [0.3, 0.4) is 0 Å². The van der Waals surface area contributed by atoms with Crippen LogP contribution in [-0.2, 0) is 11.3 Å². The van der Waals surface area contributed by atoms with Gasteiger partial charge in [0.25, 0.3) is 0 Å². The first-order chi connectivity index (χ1) is 9.22. The van der Waals surface area contributed by atoms with Crippen molar-refractivity contribution in [2.24, 2.45) is 0 Å². The van der Waals surface area contributed by atoms with Gasteiger partial charge in [0.05, 0.1) is 6.61 Å². The maximum atomic E-state index is 5.68. The number of ether oxygens (including phenoxy) is 2. The Balaban J connectivity index is 2.24. The van der Waals surface area contributed by atoms with E-state index in [2.05, 4.69) is 38.2 Å². The Morgan fingerprint density at radius 1 is 1.16 bits per heavy atom. The Kier molecular flexibility index (Phi) is 8.26. The van der Waals surface area contributed by atoms with Crippen LogP contribution in [0, 0.1) is 0 Å². The second-order valence-electron chi connectivity index (χ2n) is 5.00. The van der Waals surface area contributed by atoms with Crippen LogP contribution < -0.4 is 10.1 Å².